The Kier molecular flexibility index (Phi) is 53.3. The van der Waals surface area contributed by atoms with Crippen LogP contribution < -0.4 is 0 Å². The number of esters is 3. The summed E-state index contributed by atoms with van der Waals surface area (Å²) in [6, 6.07) is 0. The van der Waals surface area contributed by atoms with Crippen LogP contribution >= 0.6 is 0 Å². The molecule has 0 amide bonds. The van der Waals surface area contributed by atoms with Crippen LogP contribution in [0.1, 0.15) is 290 Å². The summed E-state index contributed by atoms with van der Waals surface area (Å²) in [5.41, 5.74) is 0. The molecule has 0 aliphatic heterocycles. The monoisotopic (exact) mass is 937 g/mol. The van der Waals surface area contributed by atoms with Crippen molar-refractivity contribution in [1.29, 1.82) is 0 Å². The lowest BCUT2D eigenvalue weighted by molar-refractivity contribution is -0.167. The Morgan fingerprint density at radius 2 is 0.537 bits per heavy atom. The highest BCUT2D eigenvalue weighted by atomic mass is 16.6. The predicted molar refractivity (Wildman–Crippen MR) is 288 cm³/mol. The van der Waals surface area contributed by atoms with E-state index in [-0.39, 0.29) is 31.1 Å². The van der Waals surface area contributed by atoms with E-state index in [1.54, 1.807) is 0 Å². The Bertz CT molecular complexity index is 1210. The summed E-state index contributed by atoms with van der Waals surface area (Å²) in [7, 11) is 0. The maximum Gasteiger partial charge on any atom is 0.306 e. The van der Waals surface area contributed by atoms with Crippen LogP contribution in [0.25, 0.3) is 0 Å². The first-order chi connectivity index (χ1) is 33.0. The Balaban J connectivity index is 4.39. The number of carbonyl (C=O) groups excluding carboxylic acids is 3. The average Bonchev–Trinajstić information content (AvgIpc) is 3.33. The molecule has 0 saturated heterocycles. The van der Waals surface area contributed by atoms with E-state index in [2.05, 4.69) is 81.5 Å². The zero-order valence-electron chi connectivity index (χ0n) is 44.4. The fourth-order valence-corrected chi connectivity index (χ4v) is 8.13. The fourth-order valence-electron chi connectivity index (χ4n) is 8.13. The molecule has 0 aromatic heterocycles. The molecule has 1 unspecified atom stereocenters. The molecule has 0 radical (unpaired) electrons. The maximum atomic E-state index is 12.8. The molecule has 0 saturated carbocycles. The van der Waals surface area contributed by atoms with Gasteiger partial charge in [0.15, 0.2) is 6.10 Å². The smallest absolute Gasteiger partial charge is 0.306 e. The van der Waals surface area contributed by atoms with Crippen LogP contribution in [0.2, 0.25) is 0 Å². The molecule has 0 bridgehead atoms. The summed E-state index contributed by atoms with van der Waals surface area (Å²) >= 11 is 0. The summed E-state index contributed by atoms with van der Waals surface area (Å²) in [5.74, 6) is -0.902. The molecule has 67 heavy (non-hydrogen) atoms. The molecular weight excluding hydrogens is 829 g/mol. The molecule has 0 aromatic carbocycles. The van der Waals surface area contributed by atoms with Gasteiger partial charge in [0, 0.05) is 19.3 Å². The maximum absolute atomic E-state index is 12.8. The molecule has 0 aliphatic carbocycles. The lowest BCUT2D eigenvalue weighted by Crippen LogP contribution is -2.30. The van der Waals surface area contributed by atoms with Crippen molar-refractivity contribution in [2.45, 2.75) is 297 Å². The van der Waals surface area contributed by atoms with Crippen molar-refractivity contribution in [2.24, 2.45) is 0 Å². The van der Waals surface area contributed by atoms with Crippen LogP contribution in [0.3, 0.4) is 0 Å². The van der Waals surface area contributed by atoms with Crippen molar-refractivity contribution >= 4 is 17.9 Å². The molecule has 388 valence electrons. The van der Waals surface area contributed by atoms with Crippen molar-refractivity contribution in [1.82, 2.24) is 0 Å². The summed E-state index contributed by atoms with van der Waals surface area (Å²) in [4.78, 5) is 38.1. The number of rotatable bonds is 52. The number of hydrogen-bond acceptors (Lipinski definition) is 6. The second-order valence-corrected chi connectivity index (χ2v) is 19.3. The van der Waals surface area contributed by atoms with Gasteiger partial charge in [-0.15, -0.1) is 0 Å². The van der Waals surface area contributed by atoms with Gasteiger partial charge in [-0.3, -0.25) is 14.4 Å². The second kappa shape index (κ2) is 55.7. The molecule has 0 fully saturated rings. The first-order valence-corrected chi connectivity index (χ1v) is 28.8. The van der Waals surface area contributed by atoms with Crippen molar-refractivity contribution in [2.75, 3.05) is 13.2 Å². The Hall–Kier alpha value is -2.89. The number of unbranched alkanes of at least 4 members (excludes halogenated alkanes) is 33. The molecule has 0 aliphatic rings. The van der Waals surface area contributed by atoms with Crippen LogP contribution in [0, 0.1) is 0 Å². The predicted octanol–water partition coefficient (Wildman–Crippen LogP) is 19.2. The first-order valence-electron chi connectivity index (χ1n) is 28.8. The van der Waals surface area contributed by atoms with Gasteiger partial charge in [0.05, 0.1) is 0 Å². The average molecular weight is 938 g/mol. The van der Waals surface area contributed by atoms with Gasteiger partial charge in [-0.05, 0) is 96.3 Å². The molecule has 6 nitrogen and oxygen atoms in total. The minimum Gasteiger partial charge on any atom is -0.462 e. The van der Waals surface area contributed by atoms with E-state index < -0.39 is 6.10 Å². The van der Waals surface area contributed by atoms with Crippen LogP contribution in [-0.4, -0.2) is 37.2 Å². The highest BCUT2D eigenvalue weighted by Gasteiger charge is 2.19. The molecule has 0 rings (SSSR count). The van der Waals surface area contributed by atoms with E-state index in [0.29, 0.717) is 19.3 Å². The SMILES string of the molecule is CCCCC/C=C\C=C/CCCCCCCCC(=O)OCC(COC(=O)CCCCCCCCC/C=C\CCCCCCCCCC)OC(=O)CCCCCCCC/C=C\C=C/CCCCC. The van der Waals surface area contributed by atoms with Gasteiger partial charge in [0.25, 0.3) is 0 Å². The Labute approximate surface area is 415 Å². The summed E-state index contributed by atoms with van der Waals surface area (Å²) in [5, 5.41) is 0. The minimum atomic E-state index is -0.787. The van der Waals surface area contributed by atoms with Gasteiger partial charge >= 0.3 is 17.9 Å². The van der Waals surface area contributed by atoms with E-state index in [1.807, 2.05) is 0 Å². The molecule has 0 heterocycles. The molecular formula is C61H108O6. The summed E-state index contributed by atoms with van der Waals surface area (Å²) < 4.78 is 16.9. The van der Waals surface area contributed by atoms with Crippen molar-refractivity contribution in [3.8, 4) is 0 Å². The largest absolute Gasteiger partial charge is 0.462 e. The third-order valence-corrected chi connectivity index (χ3v) is 12.5. The summed E-state index contributed by atoms with van der Waals surface area (Å²) in [6.45, 7) is 6.58. The minimum absolute atomic E-state index is 0.0844. The third-order valence-electron chi connectivity index (χ3n) is 12.5. The number of hydrogen-bond donors (Lipinski definition) is 0. The molecule has 6 heteroatoms. The van der Waals surface area contributed by atoms with Gasteiger partial charge in [-0.25, -0.2) is 0 Å². The zero-order chi connectivity index (χ0) is 48.6. The normalized spacial score (nSPS) is 12.5. The van der Waals surface area contributed by atoms with Crippen LogP contribution in [-0.2, 0) is 28.6 Å². The number of allylic oxidation sites excluding steroid dienone is 10. The molecule has 0 aromatic rings. The van der Waals surface area contributed by atoms with E-state index in [9.17, 15) is 14.4 Å². The van der Waals surface area contributed by atoms with E-state index >= 15 is 0 Å². The molecule has 0 N–H and O–H groups in total. The fraction of sp³-hybridized carbons (Fsp3) is 0.787. The van der Waals surface area contributed by atoms with Crippen LogP contribution in [0.5, 0.6) is 0 Å². The van der Waals surface area contributed by atoms with Gasteiger partial charge < -0.3 is 14.2 Å². The van der Waals surface area contributed by atoms with Crippen LogP contribution in [0.15, 0.2) is 60.8 Å². The van der Waals surface area contributed by atoms with E-state index in [1.165, 1.54) is 173 Å². The first kappa shape index (κ1) is 64.1. The lowest BCUT2D eigenvalue weighted by atomic mass is 10.1. The van der Waals surface area contributed by atoms with Crippen molar-refractivity contribution in [3.63, 3.8) is 0 Å². The van der Waals surface area contributed by atoms with Gasteiger partial charge in [0.2, 0.25) is 0 Å². The van der Waals surface area contributed by atoms with Crippen LogP contribution in [0.4, 0.5) is 0 Å². The standard InChI is InChI=1S/C61H108O6/c1-4-7-10-13-16-19-22-25-28-29-30-31-34-36-39-42-45-48-51-54-60(63)66-57-58(67-61(64)55-52-49-46-43-40-37-33-27-24-21-18-15-12-9-6-3)56-65-59(62)53-50-47-44-41-38-35-32-26-23-20-17-14-11-8-5-2/h17-18,20-21,23-24,26-27,29-30,58H,4-16,19,22,25,28,31-57H2,1-3H3/b20-17-,21-18-,26-23-,27-24-,30-29-. The summed E-state index contributed by atoms with van der Waals surface area (Å²) in [6.07, 6.45) is 69.2. The number of ether oxygens (including phenoxy) is 3. The third kappa shape index (κ3) is 53.9. The topological polar surface area (TPSA) is 78.9 Å². The molecule has 1 atom stereocenters. The van der Waals surface area contributed by atoms with Crippen molar-refractivity contribution < 1.29 is 28.6 Å². The van der Waals surface area contributed by atoms with Gasteiger partial charge in [0.1, 0.15) is 13.2 Å². The highest BCUT2D eigenvalue weighted by Crippen LogP contribution is 2.15. The Morgan fingerprint density at radius 1 is 0.299 bits per heavy atom. The van der Waals surface area contributed by atoms with E-state index in [0.717, 1.165) is 77.0 Å². The van der Waals surface area contributed by atoms with Gasteiger partial charge in [-0.1, -0.05) is 236 Å². The quantitative estimate of drug-likeness (QED) is 0.0199. The highest BCUT2D eigenvalue weighted by molar-refractivity contribution is 5.71. The second-order valence-electron chi connectivity index (χ2n) is 19.3. The number of carbonyl (C=O) groups is 3. The van der Waals surface area contributed by atoms with Crippen molar-refractivity contribution in [3.05, 3.63) is 60.8 Å². The van der Waals surface area contributed by atoms with E-state index in [4.69, 9.17) is 14.2 Å². The van der Waals surface area contributed by atoms with Gasteiger partial charge in [-0.2, -0.15) is 0 Å². The Morgan fingerprint density at radius 3 is 0.866 bits per heavy atom. The zero-order valence-corrected chi connectivity index (χ0v) is 44.4. The lowest BCUT2D eigenvalue weighted by Gasteiger charge is -2.18. The molecule has 0 spiro atoms.